The van der Waals surface area contributed by atoms with Gasteiger partial charge in [-0.3, -0.25) is 0 Å². The monoisotopic (exact) mass is 196 g/mol. The Morgan fingerprint density at radius 3 is 2.43 bits per heavy atom. The molecule has 1 heteroatoms. The molecular weight excluding hydrogens is 170 g/mol. The Labute approximate surface area is 89.2 Å². The molecule has 0 amide bonds. The van der Waals surface area contributed by atoms with E-state index in [4.69, 9.17) is 0 Å². The number of hydrogen-bond acceptors (Lipinski definition) is 0. The van der Waals surface area contributed by atoms with Gasteiger partial charge in [0.25, 0.3) is 0 Å². The Kier molecular flexibility index (Phi) is 5.24. The van der Waals surface area contributed by atoms with E-state index in [9.17, 15) is 0 Å². The van der Waals surface area contributed by atoms with E-state index in [-0.39, 0.29) is 0 Å². The summed E-state index contributed by atoms with van der Waals surface area (Å²) < 4.78 is 0. The van der Waals surface area contributed by atoms with Gasteiger partial charge in [-0.1, -0.05) is 11.6 Å². The van der Waals surface area contributed by atoms with E-state index in [1.54, 1.807) is 0 Å². The highest BCUT2D eigenvalue weighted by molar-refractivity contribution is 4.92. The van der Waals surface area contributed by atoms with E-state index < -0.39 is 0 Å². The molecule has 0 saturated carbocycles. The van der Waals surface area contributed by atoms with E-state index in [2.05, 4.69) is 26.8 Å². The van der Waals surface area contributed by atoms with E-state index in [1.807, 2.05) is 4.90 Å². The molecular formula is C13H26N+. The van der Waals surface area contributed by atoms with Gasteiger partial charge in [0.2, 0.25) is 0 Å². The summed E-state index contributed by atoms with van der Waals surface area (Å²) in [6.07, 6.45) is 9.36. The highest BCUT2D eigenvalue weighted by Crippen LogP contribution is 2.01. The van der Waals surface area contributed by atoms with Gasteiger partial charge in [-0.25, -0.2) is 0 Å². The van der Waals surface area contributed by atoms with Crippen LogP contribution in [0.2, 0.25) is 0 Å². The molecule has 1 saturated heterocycles. The molecule has 0 aromatic heterocycles. The molecule has 0 aromatic rings. The molecule has 0 unspecified atom stereocenters. The van der Waals surface area contributed by atoms with E-state index >= 15 is 0 Å². The molecule has 1 aliphatic heterocycles. The van der Waals surface area contributed by atoms with Crippen LogP contribution in [0.5, 0.6) is 0 Å². The van der Waals surface area contributed by atoms with Crippen molar-refractivity contribution in [1.82, 2.24) is 0 Å². The fourth-order valence-electron chi connectivity index (χ4n) is 2.32. The Morgan fingerprint density at radius 2 is 1.86 bits per heavy atom. The van der Waals surface area contributed by atoms with Crippen LogP contribution in [0.15, 0.2) is 11.6 Å². The lowest BCUT2D eigenvalue weighted by Crippen LogP contribution is -3.16. The van der Waals surface area contributed by atoms with Gasteiger partial charge in [0.1, 0.15) is 0 Å². The van der Waals surface area contributed by atoms with Crippen molar-refractivity contribution in [2.75, 3.05) is 13.1 Å². The Bertz CT molecular complexity index is 174. The summed E-state index contributed by atoms with van der Waals surface area (Å²) in [5.41, 5.74) is 1.46. The van der Waals surface area contributed by atoms with Crippen LogP contribution in [-0.2, 0) is 0 Å². The number of rotatable bonds is 4. The third-order valence-electron chi connectivity index (χ3n) is 3.34. The Hall–Kier alpha value is -0.300. The average Bonchev–Trinajstić information content (AvgIpc) is 2.18. The molecule has 1 heterocycles. The molecule has 1 rings (SSSR count). The van der Waals surface area contributed by atoms with Gasteiger partial charge in [0.15, 0.2) is 0 Å². The van der Waals surface area contributed by atoms with Crippen molar-refractivity contribution < 1.29 is 4.90 Å². The summed E-state index contributed by atoms with van der Waals surface area (Å²) in [6.45, 7) is 9.63. The molecule has 0 aliphatic carbocycles. The van der Waals surface area contributed by atoms with Gasteiger partial charge in [-0.15, -0.1) is 0 Å². The Morgan fingerprint density at radius 1 is 1.21 bits per heavy atom. The lowest BCUT2D eigenvalue weighted by atomic mass is 10.1. The van der Waals surface area contributed by atoms with Crippen LogP contribution in [0.4, 0.5) is 0 Å². The van der Waals surface area contributed by atoms with Crippen LogP contribution < -0.4 is 4.90 Å². The molecule has 0 aromatic carbocycles. The smallest absolute Gasteiger partial charge is 0.0849 e. The first-order chi connectivity index (χ1) is 6.70. The second-order valence-electron chi connectivity index (χ2n) is 4.98. The topological polar surface area (TPSA) is 4.44 Å². The summed E-state index contributed by atoms with van der Waals surface area (Å²) in [6, 6.07) is 0.867. The molecule has 1 atom stereocenters. The van der Waals surface area contributed by atoms with Crippen molar-refractivity contribution in [2.45, 2.75) is 58.9 Å². The minimum atomic E-state index is 0.867. The number of allylic oxidation sites excluding steroid dienone is 2. The minimum Gasteiger partial charge on any atom is -0.333 e. The van der Waals surface area contributed by atoms with Gasteiger partial charge in [0, 0.05) is 6.42 Å². The molecule has 1 nitrogen and oxygen atoms in total. The predicted molar refractivity (Wildman–Crippen MR) is 62.7 cm³/mol. The zero-order valence-corrected chi connectivity index (χ0v) is 10.1. The van der Waals surface area contributed by atoms with E-state index in [0.29, 0.717) is 0 Å². The average molecular weight is 196 g/mol. The lowest BCUT2D eigenvalue weighted by molar-refractivity contribution is -0.928. The highest BCUT2D eigenvalue weighted by Gasteiger charge is 2.19. The maximum absolute atomic E-state index is 2.42. The van der Waals surface area contributed by atoms with Crippen molar-refractivity contribution >= 4 is 0 Å². The number of likely N-dealkylation sites (tertiary alicyclic amines) is 1. The third-order valence-corrected chi connectivity index (χ3v) is 3.34. The summed E-state index contributed by atoms with van der Waals surface area (Å²) in [5.74, 6) is 0. The molecule has 0 spiro atoms. The minimum absolute atomic E-state index is 0.867. The Balaban J connectivity index is 2.19. The van der Waals surface area contributed by atoms with Crippen LogP contribution in [-0.4, -0.2) is 19.1 Å². The molecule has 0 bridgehead atoms. The van der Waals surface area contributed by atoms with Gasteiger partial charge < -0.3 is 4.90 Å². The van der Waals surface area contributed by atoms with Gasteiger partial charge in [-0.2, -0.15) is 0 Å². The van der Waals surface area contributed by atoms with E-state index in [1.165, 1.54) is 50.8 Å². The fraction of sp³-hybridized carbons (Fsp3) is 0.846. The van der Waals surface area contributed by atoms with Crippen LogP contribution in [0.25, 0.3) is 0 Å². The second-order valence-corrected chi connectivity index (χ2v) is 4.98. The fourth-order valence-corrected chi connectivity index (χ4v) is 2.32. The molecule has 1 fully saturated rings. The standard InChI is InChI=1S/C13H25N/c1-12(2)8-7-9-13(3)14-10-5-4-6-11-14/h8,13H,4-7,9-11H2,1-3H3/p+1/t13-/m1/s1. The normalized spacial score (nSPS) is 20.5. The van der Waals surface area contributed by atoms with Gasteiger partial charge in [-0.05, 0) is 46.5 Å². The van der Waals surface area contributed by atoms with Crippen LogP contribution in [0.3, 0.4) is 0 Å². The van der Waals surface area contributed by atoms with Crippen molar-refractivity contribution in [2.24, 2.45) is 0 Å². The zero-order valence-electron chi connectivity index (χ0n) is 10.1. The van der Waals surface area contributed by atoms with Crippen molar-refractivity contribution in [3.63, 3.8) is 0 Å². The SMILES string of the molecule is CC(C)=CCC[C@@H](C)[NH+]1CCCCC1. The maximum atomic E-state index is 2.42. The largest absolute Gasteiger partial charge is 0.333 e. The second kappa shape index (κ2) is 6.23. The predicted octanol–water partition coefficient (Wildman–Crippen LogP) is 2.19. The summed E-state index contributed by atoms with van der Waals surface area (Å²) in [4.78, 5) is 1.85. The van der Waals surface area contributed by atoms with Crippen LogP contribution in [0, 0.1) is 0 Å². The summed E-state index contributed by atoms with van der Waals surface area (Å²) in [7, 11) is 0. The third kappa shape index (κ3) is 4.28. The first-order valence-electron chi connectivity index (χ1n) is 6.18. The van der Waals surface area contributed by atoms with E-state index in [0.717, 1.165) is 6.04 Å². The quantitative estimate of drug-likeness (QED) is 0.657. The summed E-state index contributed by atoms with van der Waals surface area (Å²) in [5, 5.41) is 0. The molecule has 0 radical (unpaired) electrons. The molecule has 82 valence electrons. The first kappa shape index (κ1) is 11.8. The van der Waals surface area contributed by atoms with Crippen molar-refractivity contribution in [3.05, 3.63) is 11.6 Å². The van der Waals surface area contributed by atoms with Crippen LogP contribution in [0.1, 0.15) is 52.9 Å². The molecule has 14 heavy (non-hydrogen) atoms. The number of piperidine rings is 1. The van der Waals surface area contributed by atoms with Crippen molar-refractivity contribution in [3.8, 4) is 0 Å². The van der Waals surface area contributed by atoms with Gasteiger partial charge in [0.05, 0.1) is 19.1 Å². The number of hydrogen-bond donors (Lipinski definition) is 1. The molecule has 1 aliphatic rings. The maximum Gasteiger partial charge on any atom is 0.0849 e. The lowest BCUT2D eigenvalue weighted by Gasteiger charge is -2.29. The number of nitrogens with one attached hydrogen (secondary N) is 1. The first-order valence-corrected chi connectivity index (χ1v) is 6.18. The van der Waals surface area contributed by atoms with Gasteiger partial charge >= 0.3 is 0 Å². The summed E-state index contributed by atoms with van der Waals surface area (Å²) >= 11 is 0. The van der Waals surface area contributed by atoms with Crippen LogP contribution >= 0.6 is 0 Å². The highest BCUT2D eigenvalue weighted by atomic mass is 15.1. The zero-order chi connectivity index (χ0) is 10.4. The molecule has 1 N–H and O–H groups in total. The van der Waals surface area contributed by atoms with Crippen molar-refractivity contribution in [1.29, 1.82) is 0 Å². The number of quaternary nitrogens is 1.